The second-order valence-electron chi connectivity index (χ2n) is 3.31. The van der Waals surface area contributed by atoms with Crippen LogP contribution < -0.4 is 5.32 Å². The smallest absolute Gasteiger partial charge is 0.130 e. The van der Waals surface area contributed by atoms with Crippen LogP contribution in [-0.2, 0) is 0 Å². The molecule has 4 nitrogen and oxygen atoms in total. The lowest BCUT2D eigenvalue weighted by molar-refractivity contribution is 0.405. The van der Waals surface area contributed by atoms with Gasteiger partial charge >= 0.3 is 0 Å². The highest BCUT2D eigenvalue weighted by Gasteiger charge is 1.95. The number of hydrogen-bond donors (Lipinski definition) is 1. The van der Waals surface area contributed by atoms with Crippen LogP contribution in [0.15, 0.2) is 17.0 Å². The molecule has 1 rings (SSSR count). The van der Waals surface area contributed by atoms with Crippen molar-refractivity contribution >= 4 is 21.7 Å². The molecule has 1 N–H and O–H groups in total. The summed E-state index contributed by atoms with van der Waals surface area (Å²) in [6.07, 6.45) is 2.65. The Hall–Kier alpha value is -0.680. The fourth-order valence-electron chi connectivity index (χ4n) is 1.04. The standard InChI is InChI=1S/C9H15BrN4/c1-14(2)5-3-4-11-9-6-8(10)12-7-13-9/h6-7H,3-5H2,1-2H3,(H,11,12,13). The second-order valence-corrected chi connectivity index (χ2v) is 4.12. The van der Waals surface area contributed by atoms with Gasteiger partial charge in [-0.15, -0.1) is 0 Å². The highest BCUT2D eigenvalue weighted by molar-refractivity contribution is 9.10. The predicted octanol–water partition coefficient (Wildman–Crippen LogP) is 1.60. The molecule has 0 aromatic carbocycles. The quantitative estimate of drug-likeness (QED) is 0.644. The van der Waals surface area contributed by atoms with E-state index in [1.54, 1.807) is 6.33 Å². The largest absolute Gasteiger partial charge is 0.370 e. The maximum atomic E-state index is 4.09. The van der Waals surface area contributed by atoms with Gasteiger partial charge in [-0.1, -0.05) is 0 Å². The molecule has 0 unspecified atom stereocenters. The molecule has 0 radical (unpaired) electrons. The Morgan fingerprint density at radius 1 is 1.43 bits per heavy atom. The van der Waals surface area contributed by atoms with Crippen LogP contribution in [0, 0.1) is 0 Å². The van der Waals surface area contributed by atoms with Crippen LogP contribution in [0.25, 0.3) is 0 Å². The molecule has 0 atom stereocenters. The van der Waals surface area contributed by atoms with Crippen LogP contribution in [0.1, 0.15) is 6.42 Å². The van der Waals surface area contributed by atoms with Gasteiger partial charge in [0.05, 0.1) is 0 Å². The third-order valence-corrected chi connectivity index (χ3v) is 2.16. The molecule has 0 saturated heterocycles. The summed E-state index contributed by atoms with van der Waals surface area (Å²) in [5.74, 6) is 0.866. The molecular weight excluding hydrogens is 244 g/mol. The number of hydrogen-bond acceptors (Lipinski definition) is 4. The number of nitrogens with one attached hydrogen (secondary N) is 1. The molecule has 0 bridgehead atoms. The first kappa shape index (κ1) is 11.4. The molecule has 0 saturated carbocycles. The minimum Gasteiger partial charge on any atom is -0.370 e. The Morgan fingerprint density at radius 3 is 2.86 bits per heavy atom. The first-order chi connectivity index (χ1) is 6.68. The van der Waals surface area contributed by atoms with E-state index >= 15 is 0 Å². The summed E-state index contributed by atoms with van der Waals surface area (Å²) in [4.78, 5) is 10.2. The highest BCUT2D eigenvalue weighted by Crippen LogP contribution is 2.08. The maximum absolute atomic E-state index is 4.09. The van der Waals surface area contributed by atoms with Crippen molar-refractivity contribution in [3.63, 3.8) is 0 Å². The zero-order chi connectivity index (χ0) is 10.4. The van der Waals surface area contributed by atoms with Crippen LogP contribution in [-0.4, -0.2) is 42.1 Å². The van der Waals surface area contributed by atoms with E-state index < -0.39 is 0 Å². The second kappa shape index (κ2) is 5.93. The molecule has 78 valence electrons. The van der Waals surface area contributed by atoms with Crippen LogP contribution in [0.2, 0.25) is 0 Å². The molecule has 0 fully saturated rings. The molecule has 1 heterocycles. The van der Waals surface area contributed by atoms with E-state index in [1.807, 2.05) is 6.07 Å². The van der Waals surface area contributed by atoms with Crippen LogP contribution >= 0.6 is 15.9 Å². The molecule has 1 aromatic rings. The fourth-order valence-corrected chi connectivity index (χ4v) is 1.35. The van der Waals surface area contributed by atoms with Gasteiger partial charge in [-0.2, -0.15) is 0 Å². The Balaban J connectivity index is 2.25. The summed E-state index contributed by atoms with van der Waals surface area (Å²) < 4.78 is 0.808. The molecule has 5 heteroatoms. The summed E-state index contributed by atoms with van der Waals surface area (Å²) in [7, 11) is 4.14. The van der Waals surface area contributed by atoms with Gasteiger partial charge in [0.15, 0.2) is 0 Å². The maximum Gasteiger partial charge on any atom is 0.130 e. The van der Waals surface area contributed by atoms with Gasteiger partial charge in [0, 0.05) is 12.6 Å². The fraction of sp³-hybridized carbons (Fsp3) is 0.556. The average molecular weight is 259 g/mol. The normalized spacial score (nSPS) is 10.6. The summed E-state index contributed by atoms with van der Waals surface area (Å²) in [5.41, 5.74) is 0. The Bertz CT molecular complexity index is 277. The van der Waals surface area contributed by atoms with E-state index in [9.17, 15) is 0 Å². The van der Waals surface area contributed by atoms with Gasteiger partial charge in [0.25, 0.3) is 0 Å². The summed E-state index contributed by atoms with van der Waals surface area (Å²) in [5, 5.41) is 3.23. The third-order valence-electron chi connectivity index (χ3n) is 1.72. The van der Waals surface area contributed by atoms with Gasteiger partial charge < -0.3 is 10.2 Å². The summed E-state index contributed by atoms with van der Waals surface area (Å²) in [6, 6.07) is 1.87. The van der Waals surface area contributed by atoms with Crippen molar-refractivity contribution in [2.24, 2.45) is 0 Å². The molecule has 14 heavy (non-hydrogen) atoms. The lowest BCUT2D eigenvalue weighted by Crippen LogP contribution is -2.16. The van der Waals surface area contributed by atoms with Crippen molar-refractivity contribution in [3.8, 4) is 0 Å². The lowest BCUT2D eigenvalue weighted by atomic mass is 10.4. The van der Waals surface area contributed by atoms with Gasteiger partial charge in [0.2, 0.25) is 0 Å². The predicted molar refractivity (Wildman–Crippen MR) is 61.4 cm³/mol. The van der Waals surface area contributed by atoms with E-state index in [0.29, 0.717) is 0 Å². The number of anilines is 1. The van der Waals surface area contributed by atoms with Gasteiger partial charge in [0.1, 0.15) is 16.7 Å². The van der Waals surface area contributed by atoms with Crippen molar-refractivity contribution in [3.05, 3.63) is 17.0 Å². The average Bonchev–Trinajstić information content (AvgIpc) is 2.12. The molecule has 0 spiro atoms. The van der Waals surface area contributed by atoms with Crippen molar-refractivity contribution in [2.45, 2.75) is 6.42 Å². The zero-order valence-corrected chi connectivity index (χ0v) is 10.1. The summed E-state index contributed by atoms with van der Waals surface area (Å²) in [6.45, 7) is 2.01. The topological polar surface area (TPSA) is 41.0 Å². The summed E-state index contributed by atoms with van der Waals surface area (Å²) >= 11 is 3.29. The van der Waals surface area contributed by atoms with Crippen molar-refractivity contribution < 1.29 is 0 Å². The van der Waals surface area contributed by atoms with E-state index in [0.717, 1.165) is 29.9 Å². The van der Waals surface area contributed by atoms with Gasteiger partial charge in [-0.3, -0.25) is 0 Å². The van der Waals surface area contributed by atoms with Gasteiger partial charge in [-0.25, -0.2) is 9.97 Å². The van der Waals surface area contributed by atoms with Crippen LogP contribution in [0.4, 0.5) is 5.82 Å². The minimum atomic E-state index is 0.808. The highest BCUT2D eigenvalue weighted by atomic mass is 79.9. The van der Waals surface area contributed by atoms with Gasteiger partial charge in [-0.05, 0) is 43.0 Å². The number of nitrogens with zero attached hydrogens (tertiary/aromatic N) is 3. The molecular formula is C9H15BrN4. The number of halogens is 1. The number of rotatable bonds is 5. The Kier molecular flexibility index (Phi) is 4.82. The lowest BCUT2D eigenvalue weighted by Gasteiger charge is -2.09. The first-order valence-corrected chi connectivity index (χ1v) is 5.34. The Labute approximate surface area is 92.9 Å². The zero-order valence-electron chi connectivity index (χ0n) is 8.50. The van der Waals surface area contributed by atoms with Crippen molar-refractivity contribution in [2.75, 3.05) is 32.5 Å². The first-order valence-electron chi connectivity index (χ1n) is 4.54. The molecule has 1 aromatic heterocycles. The van der Waals surface area contributed by atoms with E-state index in [1.165, 1.54) is 0 Å². The number of aromatic nitrogens is 2. The molecule has 0 aliphatic heterocycles. The van der Waals surface area contributed by atoms with E-state index in [-0.39, 0.29) is 0 Å². The van der Waals surface area contributed by atoms with Crippen molar-refractivity contribution in [1.82, 2.24) is 14.9 Å². The van der Waals surface area contributed by atoms with E-state index in [2.05, 4.69) is 50.2 Å². The third kappa shape index (κ3) is 4.53. The molecule has 0 aliphatic carbocycles. The van der Waals surface area contributed by atoms with Crippen LogP contribution in [0.3, 0.4) is 0 Å². The molecule has 0 aliphatic rings. The molecule has 0 amide bonds. The van der Waals surface area contributed by atoms with Crippen LogP contribution in [0.5, 0.6) is 0 Å². The Morgan fingerprint density at radius 2 is 2.21 bits per heavy atom. The minimum absolute atomic E-state index is 0.808. The van der Waals surface area contributed by atoms with E-state index in [4.69, 9.17) is 0 Å². The van der Waals surface area contributed by atoms with Crippen molar-refractivity contribution in [1.29, 1.82) is 0 Å². The monoisotopic (exact) mass is 258 g/mol. The SMILES string of the molecule is CN(C)CCCNc1cc(Br)ncn1.